The van der Waals surface area contributed by atoms with Crippen molar-refractivity contribution >= 4 is 27.7 Å². The Balaban J connectivity index is 1.68. The average Bonchev–Trinajstić information content (AvgIpc) is 3.41. The van der Waals surface area contributed by atoms with Crippen LogP contribution in [0.15, 0.2) is 59.8 Å². The third kappa shape index (κ3) is 3.00. The van der Waals surface area contributed by atoms with Crippen LogP contribution in [0.25, 0.3) is 21.8 Å². The molecule has 0 saturated heterocycles. The van der Waals surface area contributed by atoms with Gasteiger partial charge in [-0.3, -0.25) is 14.6 Å². The van der Waals surface area contributed by atoms with Crippen molar-refractivity contribution in [3.8, 4) is 0 Å². The normalized spacial score (nSPS) is 14.6. The minimum Gasteiger partial charge on any atom is -0.348 e. The number of benzene rings is 1. The van der Waals surface area contributed by atoms with Gasteiger partial charge in [0, 0.05) is 54.5 Å². The van der Waals surface area contributed by atoms with Gasteiger partial charge in [-0.2, -0.15) is 0 Å². The van der Waals surface area contributed by atoms with Crippen LogP contribution in [-0.4, -0.2) is 20.0 Å². The highest BCUT2D eigenvalue weighted by molar-refractivity contribution is 6.17. The fourth-order valence-electron chi connectivity index (χ4n) is 4.71. The quantitative estimate of drug-likeness (QED) is 0.564. The SMILES string of the molecule is Cn1c2ccccc2c2c(C(=O)NCc3cccnc3)cn(C3CCCC3)c(=O)c21. The van der Waals surface area contributed by atoms with Gasteiger partial charge in [0.2, 0.25) is 0 Å². The zero-order valence-corrected chi connectivity index (χ0v) is 17.0. The van der Waals surface area contributed by atoms with Crippen molar-refractivity contribution in [1.82, 2.24) is 19.4 Å². The molecule has 152 valence electrons. The second-order valence-corrected chi connectivity index (χ2v) is 8.04. The molecule has 1 aromatic carbocycles. The Morgan fingerprint density at radius 3 is 2.73 bits per heavy atom. The number of carbonyl (C=O) groups is 1. The molecule has 0 spiro atoms. The molecule has 1 aliphatic rings. The Morgan fingerprint density at radius 1 is 1.17 bits per heavy atom. The summed E-state index contributed by atoms with van der Waals surface area (Å²) in [6.07, 6.45) is 9.43. The molecule has 30 heavy (non-hydrogen) atoms. The molecule has 1 N–H and O–H groups in total. The van der Waals surface area contributed by atoms with Crippen LogP contribution < -0.4 is 10.9 Å². The fraction of sp³-hybridized carbons (Fsp3) is 0.292. The molecule has 1 fully saturated rings. The van der Waals surface area contributed by atoms with Crippen LogP contribution in [0.1, 0.15) is 47.6 Å². The Kier molecular flexibility index (Phi) is 4.62. The molecule has 1 aliphatic carbocycles. The number of nitrogens with one attached hydrogen (secondary N) is 1. The van der Waals surface area contributed by atoms with E-state index in [1.165, 1.54) is 0 Å². The summed E-state index contributed by atoms with van der Waals surface area (Å²) < 4.78 is 3.73. The van der Waals surface area contributed by atoms with E-state index >= 15 is 0 Å². The second kappa shape index (κ2) is 7.44. The number of aryl methyl sites for hydroxylation is 1. The number of hydrogen-bond acceptors (Lipinski definition) is 3. The van der Waals surface area contributed by atoms with Crippen LogP contribution in [0.3, 0.4) is 0 Å². The molecule has 0 radical (unpaired) electrons. The van der Waals surface area contributed by atoms with Crippen LogP contribution in [0.4, 0.5) is 0 Å². The predicted octanol–water partition coefficient (Wildman–Crippen LogP) is 3.93. The largest absolute Gasteiger partial charge is 0.348 e. The van der Waals surface area contributed by atoms with Crippen molar-refractivity contribution in [1.29, 1.82) is 0 Å². The molecule has 6 nitrogen and oxygen atoms in total. The van der Waals surface area contributed by atoms with Crippen LogP contribution in [0, 0.1) is 0 Å². The molecule has 3 aromatic heterocycles. The van der Waals surface area contributed by atoms with Crippen LogP contribution >= 0.6 is 0 Å². The summed E-state index contributed by atoms with van der Waals surface area (Å²) in [6, 6.07) is 11.8. The number of para-hydroxylation sites is 1. The summed E-state index contributed by atoms with van der Waals surface area (Å²) in [6.45, 7) is 0.390. The van der Waals surface area contributed by atoms with Crippen molar-refractivity contribution in [2.24, 2.45) is 7.05 Å². The number of nitrogens with zero attached hydrogens (tertiary/aromatic N) is 3. The Bertz CT molecular complexity index is 1300. The average molecular weight is 400 g/mol. The van der Waals surface area contributed by atoms with Crippen LogP contribution in [0.5, 0.6) is 0 Å². The highest BCUT2D eigenvalue weighted by Crippen LogP contribution is 2.33. The van der Waals surface area contributed by atoms with Gasteiger partial charge in [0.15, 0.2) is 0 Å². The summed E-state index contributed by atoms with van der Waals surface area (Å²) >= 11 is 0. The van der Waals surface area contributed by atoms with E-state index < -0.39 is 0 Å². The van der Waals surface area contributed by atoms with Crippen LogP contribution in [-0.2, 0) is 13.6 Å². The minimum atomic E-state index is -0.174. The van der Waals surface area contributed by atoms with Gasteiger partial charge in [-0.15, -0.1) is 0 Å². The maximum Gasteiger partial charge on any atom is 0.275 e. The second-order valence-electron chi connectivity index (χ2n) is 8.04. The maximum absolute atomic E-state index is 13.5. The minimum absolute atomic E-state index is 0.0144. The van der Waals surface area contributed by atoms with Gasteiger partial charge in [0.05, 0.1) is 5.56 Å². The van der Waals surface area contributed by atoms with E-state index in [0.29, 0.717) is 17.6 Å². The van der Waals surface area contributed by atoms with E-state index in [0.717, 1.165) is 47.5 Å². The maximum atomic E-state index is 13.5. The summed E-state index contributed by atoms with van der Waals surface area (Å²) in [5, 5.41) is 4.68. The van der Waals surface area contributed by atoms with Gasteiger partial charge in [-0.1, -0.05) is 37.1 Å². The molecule has 0 bridgehead atoms. The number of amides is 1. The lowest BCUT2D eigenvalue weighted by Gasteiger charge is -2.16. The Labute approximate surface area is 174 Å². The van der Waals surface area contributed by atoms with E-state index in [1.54, 1.807) is 23.2 Å². The predicted molar refractivity (Wildman–Crippen MR) is 118 cm³/mol. The first-order chi connectivity index (χ1) is 14.6. The number of pyridine rings is 2. The molecule has 4 aromatic rings. The summed E-state index contributed by atoms with van der Waals surface area (Å²) in [7, 11) is 1.91. The molecule has 5 rings (SSSR count). The zero-order valence-electron chi connectivity index (χ0n) is 17.0. The number of rotatable bonds is 4. The summed E-state index contributed by atoms with van der Waals surface area (Å²) in [4.78, 5) is 30.9. The van der Waals surface area contributed by atoms with Crippen molar-refractivity contribution in [2.45, 2.75) is 38.3 Å². The van der Waals surface area contributed by atoms with E-state index in [9.17, 15) is 9.59 Å². The van der Waals surface area contributed by atoms with Gasteiger partial charge in [0.1, 0.15) is 5.52 Å². The van der Waals surface area contributed by atoms with E-state index in [-0.39, 0.29) is 17.5 Å². The van der Waals surface area contributed by atoms with Gasteiger partial charge in [0.25, 0.3) is 11.5 Å². The first-order valence-corrected chi connectivity index (χ1v) is 10.4. The molecule has 3 heterocycles. The molecule has 1 saturated carbocycles. The van der Waals surface area contributed by atoms with Gasteiger partial charge >= 0.3 is 0 Å². The molecular formula is C24H24N4O2. The lowest BCUT2D eigenvalue weighted by atomic mass is 10.1. The molecule has 0 unspecified atom stereocenters. The highest BCUT2D eigenvalue weighted by atomic mass is 16.2. The highest BCUT2D eigenvalue weighted by Gasteiger charge is 2.25. The van der Waals surface area contributed by atoms with Crippen molar-refractivity contribution in [3.05, 3.63) is 76.5 Å². The molecule has 0 atom stereocenters. The summed E-state index contributed by atoms with van der Waals surface area (Å²) in [5.41, 5.74) is 3.02. The van der Waals surface area contributed by atoms with Crippen molar-refractivity contribution < 1.29 is 4.79 Å². The summed E-state index contributed by atoms with van der Waals surface area (Å²) in [5.74, 6) is -0.174. The van der Waals surface area contributed by atoms with E-state index in [4.69, 9.17) is 0 Å². The van der Waals surface area contributed by atoms with Crippen molar-refractivity contribution in [3.63, 3.8) is 0 Å². The van der Waals surface area contributed by atoms with Gasteiger partial charge in [-0.25, -0.2) is 0 Å². The first-order valence-electron chi connectivity index (χ1n) is 10.4. The smallest absolute Gasteiger partial charge is 0.275 e. The number of hydrogen-bond donors (Lipinski definition) is 1. The molecular weight excluding hydrogens is 376 g/mol. The molecule has 1 amide bonds. The lowest BCUT2D eigenvalue weighted by molar-refractivity contribution is 0.0951. The monoisotopic (exact) mass is 400 g/mol. The fourth-order valence-corrected chi connectivity index (χ4v) is 4.71. The first kappa shape index (κ1) is 18.6. The topological polar surface area (TPSA) is 68.9 Å². The van der Waals surface area contributed by atoms with E-state index in [2.05, 4.69) is 10.3 Å². The third-order valence-electron chi connectivity index (χ3n) is 6.22. The Morgan fingerprint density at radius 2 is 1.97 bits per heavy atom. The lowest BCUT2D eigenvalue weighted by Crippen LogP contribution is -2.29. The zero-order chi connectivity index (χ0) is 20.7. The van der Waals surface area contributed by atoms with E-state index in [1.807, 2.05) is 48.0 Å². The van der Waals surface area contributed by atoms with Crippen LogP contribution in [0.2, 0.25) is 0 Å². The number of fused-ring (bicyclic) bond motifs is 3. The molecule has 0 aliphatic heterocycles. The standard InChI is InChI=1S/C24H24N4O2/c1-27-20-11-5-4-10-18(20)21-19(23(29)26-14-16-7-6-12-25-13-16)15-28(24(30)22(21)27)17-8-2-3-9-17/h4-7,10-13,15,17H,2-3,8-9,14H2,1H3,(H,26,29). The van der Waals surface area contributed by atoms with Gasteiger partial charge < -0.3 is 14.5 Å². The number of aromatic nitrogens is 3. The third-order valence-corrected chi connectivity index (χ3v) is 6.22. The van der Waals surface area contributed by atoms with Gasteiger partial charge in [-0.05, 0) is 30.5 Å². The molecule has 6 heteroatoms. The van der Waals surface area contributed by atoms with Crippen molar-refractivity contribution in [2.75, 3.05) is 0 Å². The Hall–Kier alpha value is -3.41. The number of carbonyl (C=O) groups excluding carboxylic acids is 1.